The van der Waals surface area contributed by atoms with E-state index in [2.05, 4.69) is 0 Å². The van der Waals surface area contributed by atoms with Crippen molar-refractivity contribution in [2.24, 2.45) is 11.7 Å². The minimum Gasteiger partial charge on any atom is -0.361 e. The molecule has 2 N–H and O–H groups in total. The molecular weight excluding hydrogens is 180 g/mol. The minimum absolute atomic E-state index is 0.553. The van der Waals surface area contributed by atoms with Crippen molar-refractivity contribution in [1.82, 2.24) is 4.90 Å². The topological polar surface area (TPSA) is 63.4 Å². The molecule has 0 bridgehead atoms. The Labute approximate surface area is 84.4 Å². The van der Waals surface area contributed by atoms with Crippen molar-refractivity contribution in [2.45, 2.75) is 32.1 Å². The van der Waals surface area contributed by atoms with Crippen LogP contribution in [-0.2, 0) is 9.59 Å². The van der Waals surface area contributed by atoms with E-state index in [1.54, 1.807) is 7.05 Å². The van der Waals surface area contributed by atoms with Gasteiger partial charge in [0, 0.05) is 13.6 Å². The molecule has 4 nitrogen and oxygen atoms in total. The smallest absolute Gasteiger partial charge is 0.311 e. The van der Waals surface area contributed by atoms with Gasteiger partial charge in [-0.1, -0.05) is 19.3 Å². The molecule has 0 saturated heterocycles. The second-order valence-electron chi connectivity index (χ2n) is 4.05. The molecule has 14 heavy (non-hydrogen) atoms. The van der Waals surface area contributed by atoms with Gasteiger partial charge >= 0.3 is 11.8 Å². The number of rotatable bonds is 2. The van der Waals surface area contributed by atoms with E-state index < -0.39 is 11.8 Å². The SMILES string of the molecule is CN(CC1CCCCC1)C(=O)C(N)=O. The predicted octanol–water partition coefficient (Wildman–Crippen LogP) is 0.510. The molecule has 0 unspecified atom stereocenters. The summed E-state index contributed by atoms with van der Waals surface area (Å²) in [6.45, 7) is 0.668. The summed E-state index contributed by atoms with van der Waals surface area (Å²) < 4.78 is 0. The molecule has 4 heteroatoms. The van der Waals surface area contributed by atoms with Crippen LogP contribution in [0.4, 0.5) is 0 Å². The van der Waals surface area contributed by atoms with Crippen LogP contribution in [0.25, 0.3) is 0 Å². The molecule has 1 fully saturated rings. The summed E-state index contributed by atoms with van der Waals surface area (Å²) in [4.78, 5) is 23.2. The molecule has 0 aromatic carbocycles. The molecular formula is C10H18N2O2. The molecule has 0 aliphatic heterocycles. The molecule has 0 heterocycles. The number of primary amides is 1. The minimum atomic E-state index is -0.858. The third kappa shape index (κ3) is 3.01. The highest BCUT2D eigenvalue weighted by molar-refractivity contribution is 6.34. The quantitative estimate of drug-likeness (QED) is 0.657. The summed E-state index contributed by atoms with van der Waals surface area (Å²) in [5.41, 5.74) is 4.91. The standard InChI is InChI=1S/C10H18N2O2/c1-12(10(14)9(11)13)7-8-5-3-2-4-6-8/h8H,2-7H2,1H3,(H2,11,13). The van der Waals surface area contributed by atoms with Crippen LogP contribution >= 0.6 is 0 Å². The van der Waals surface area contributed by atoms with Gasteiger partial charge in [0.1, 0.15) is 0 Å². The van der Waals surface area contributed by atoms with Gasteiger partial charge < -0.3 is 10.6 Å². The first-order valence-electron chi connectivity index (χ1n) is 5.16. The summed E-state index contributed by atoms with van der Waals surface area (Å²) in [5.74, 6) is -0.879. The first-order chi connectivity index (χ1) is 6.61. The molecule has 0 radical (unpaired) electrons. The zero-order valence-corrected chi connectivity index (χ0v) is 8.66. The highest BCUT2D eigenvalue weighted by atomic mass is 16.2. The van der Waals surface area contributed by atoms with Gasteiger partial charge in [-0.3, -0.25) is 9.59 Å². The van der Waals surface area contributed by atoms with E-state index in [-0.39, 0.29) is 0 Å². The maximum absolute atomic E-state index is 11.2. The number of nitrogens with two attached hydrogens (primary N) is 1. The van der Waals surface area contributed by atoms with Gasteiger partial charge in [0.15, 0.2) is 0 Å². The van der Waals surface area contributed by atoms with Gasteiger partial charge in [-0.15, -0.1) is 0 Å². The maximum atomic E-state index is 11.2. The lowest BCUT2D eigenvalue weighted by Crippen LogP contribution is -2.40. The second kappa shape index (κ2) is 4.98. The van der Waals surface area contributed by atoms with Gasteiger partial charge in [0.05, 0.1) is 0 Å². The largest absolute Gasteiger partial charge is 0.361 e. The highest BCUT2D eigenvalue weighted by Crippen LogP contribution is 2.23. The number of hydrogen-bond acceptors (Lipinski definition) is 2. The van der Waals surface area contributed by atoms with E-state index >= 15 is 0 Å². The number of likely N-dealkylation sites (N-methyl/N-ethyl adjacent to an activating group) is 1. The molecule has 1 aliphatic carbocycles. The van der Waals surface area contributed by atoms with Crippen molar-refractivity contribution >= 4 is 11.8 Å². The van der Waals surface area contributed by atoms with E-state index in [0.29, 0.717) is 12.5 Å². The van der Waals surface area contributed by atoms with Crippen LogP contribution in [0.15, 0.2) is 0 Å². The van der Waals surface area contributed by atoms with E-state index in [1.807, 2.05) is 0 Å². The predicted molar refractivity (Wildman–Crippen MR) is 53.4 cm³/mol. The van der Waals surface area contributed by atoms with Gasteiger partial charge in [0.25, 0.3) is 0 Å². The van der Waals surface area contributed by atoms with Crippen LogP contribution in [0.1, 0.15) is 32.1 Å². The number of carbonyl (C=O) groups is 2. The fraction of sp³-hybridized carbons (Fsp3) is 0.800. The maximum Gasteiger partial charge on any atom is 0.311 e. The molecule has 1 rings (SSSR count). The van der Waals surface area contributed by atoms with Gasteiger partial charge in [0.2, 0.25) is 0 Å². The molecule has 1 saturated carbocycles. The van der Waals surface area contributed by atoms with Gasteiger partial charge in [-0.2, -0.15) is 0 Å². The van der Waals surface area contributed by atoms with Gasteiger partial charge in [-0.25, -0.2) is 0 Å². The Bertz CT molecular complexity index is 222. The highest BCUT2D eigenvalue weighted by Gasteiger charge is 2.20. The van der Waals surface area contributed by atoms with Crippen molar-refractivity contribution in [3.8, 4) is 0 Å². The number of carbonyl (C=O) groups excluding carboxylic acids is 2. The fourth-order valence-electron chi connectivity index (χ4n) is 2.03. The molecule has 1 aliphatic rings. The molecule has 2 amide bonds. The molecule has 0 aromatic heterocycles. The Balaban J connectivity index is 2.35. The summed E-state index contributed by atoms with van der Waals surface area (Å²) in [7, 11) is 1.64. The molecule has 80 valence electrons. The van der Waals surface area contributed by atoms with E-state index in [1.165, 1.54) is 24.2 Å². The van der Waals surface area contributed by atoms with Crippen LogP contribution in [0.3, 0.4) is 0 Å². The monoisotopic (exact) mass is 198 g/mol. The zero-order valence-electron chi connectivity index (χ0n) is 8.66. The van der Waals surface area contributed by atoms with E-state index in [0.717, 1.165) is 12.8 Å². The zero-order chi connectivity index (χ0) is 10.6. The Kier molecular flexibility index (Phi) is 3.92. The van der Waals surface area contributed by atoms with Crippen molar-refractivity contribution in [2.75, 3.05) is 13.6 Å². The summed E-state index contributed by atoms with van der Waals surface area (Å²) in [6.07, 6.45) is 6.10. The first kappa shape index (κ1) is 11.0. The normalized spacial score (nSPS) is 17.8. The van der Waals surface area contributed by atoms with E-state index in [4.69, 9.17) is 5.73 Å². The molecule has 0 aromatic rings. The van der Waals surface area contributed by atoms with Crippen molar-refractivity contribution in [3.05, 3.63) is 0 Å². The lowest BCUT2D eigenvalue weighted by atomic mass is 9.89. The molecule has 0 spiro atoms. The van der Waals surface area contributed by atoms with Crippen LogP contribution in [0, 0.1) is 5.92 Å². The van der Waals surface area contributed by atoms with Crippen LogP contribution in [-0.4, -0.2) is 30.3 Å². The van der Waals surface area contributed by atoms with Crippen LogP contribution in [0.2, 0.25) is 0 Å². The van der Waals surface area contributed by atoms with Crippen LogP contribution < -0.4 is 5.73 Å². The number of amides is 2. The van der Waals surface area contributed by atoms with E-state index in [9.17, 15) is 9.59 Å². The Morgan fingerprint density at radius 2 is 1.86 bits per heavy atom. The third-order valence-electron chi connectivity index (χ3n) is 2.81. The summed E-state index contributed by atoms with van der Waals surface area (Å²) >= 11 is 0. The lowest BCUT2D eigenvalue weighted by molar-refractivity contribution is -0.143. The molecule has 0 atom stereocenters. The Morgan fingerprint density at radius 3 is 2.36 bits per heavy atom. The van der Waals surface area contributed by atoms with Crippen molar-refractivity contribution in [3.63, 3.8) is 0 Å². The van der Waals surface area contributed by atoms with Gasteiger partial charge in [-0.05, 0) is 18.8 Å². The Hall–Kier alpha value is -1.06. The second-order valence-corrected chi connectivity index (χ2v) is 4.05. The van der Waals surface area contributed by atoms with Crippen molar-refractivity contribution in [1.29, 1.82) is 0 Å². The number of hydrogen-bond donors (Lipinski definition) is 1. The third-order valence-corrected chi connectivity index (χ3v) is 2.81. The average molecular weight is 198 g/mol. The van der Waals surface area contributed by atoms with Crippen molar-refractivity contribution < 1.29 is 9.59 Å². The Morgan fingerprint density at radius 1 is 1.29 bits per heavy atom. The average Bonchev–Trinajstić information content (AvgIpc) is 2.18. The number of nitrogens with zero attached hydrogens (tertiary/aromatic N) is 1. The van der Waals surface area contributed by atoms with Crippen LogP contribution in [0.5, 0.6) is 0 Å². The fourth-order valence-corrected chi connectivity index (χ4v) is 2.03. The lowest BCUT2D eigenvalue weighted by Gasteiger charge is -2.26. The summed E-state index contributed by atoms with van der Waals surface area (Å²) in [5, 5.41) is 0. The summed E-state index contributed by atoms with van der Waals surface area (Å²) in [6, 6.07) is 0. The first-order valence-corrected chi connectivity index (χ1v) is 5.16.